The molecule has 1 fully saturated rings. The largest absolute Gasteiger partial charge is 0.497 e. The molecular formula is C13H13NO6S. The lowest BCUT2D eigenvalue weighted by Crippen LogP contribution is -2.35. The molecule has 21 heavy (non-hydrogen) atoms. The number of fused-ring (bicyclic) bond motifs is 3. The van der Waals surface area contributed by atoms with Crippen molar-refractivity contribution in [3.05, 3.63) is 23.8 Å². The van der Waals surface area contributed by atoms with Crippen LogP contribution in [-0.2, 0) is 19.4 Å². The van der Waals surface area contributed by atoms with Gasteiger partial charge >= 0.3 is 6.09 Å². The van der Waals surface area contributed by atoms with Crippen molar-refractivity contribution in [2.45, 2.75) is 17.4 Å². The SMILES string of the molecule is COc1ccc2c(c1)[C@H]1CC(=O)CN1C(=O)OCS2(=O)=O. The van der Waals surface area contributed by atoms with Gasteiger partial charge in [-0.15, -0.1) is 0 Å². The number of carbonyl (C=O) groups excluding carboxylic acids is 2. The monoisotopic (exact) mass is 311 g/mol. The lowest BCUT2D eigenvalue weighted by atomic mass is 10.0. The van der Waals surface area contributed by atoms with E-state index in [1.165, 1.54) is 24.1 Å². The van der Waals surface area contributed by atoms with E-state index in [0.29, 0.717) is 11.3 Å². The smallest absolute Gasteiger partial charge is 0.411 e. The number of rotatable bonds is 1. The number of ether oxygens (including phenoxy) is 2. The second-order valence-corrected chi connectivity index (χ2v) is 6.84. The quantitative estimate of drug-likeness (QED) is 0.765. The number of ketones is 1. The maximum absolute atomic E-state index is 12.2. The Kier molecular flexibility index (Phi) is 3.12. The van der Waals surface area contributed by atoms with Crippen LogP contribution < -0.4 is 4.74 Å². The van der Waals surface area contributed by atoms with Crippen LogP contribution in [0, 0.1) is 0 Å². The van der Waals surface area contributed by atoms with Gasteiger partial charge in [-0.2, -0.15) is 0 Å². The second-order valence-electron chi connectivity index (χ2n) is 4.93. The Morgan fingerprint density at radius 1 is 1.33 bits per heavy atom. The van der Waals surface area contributed by atoms with Gasteiger partial charge in [0.15, 0.2) is 11.7 Å². The topological polar surface area (TPSA) is 90.0 Å². The van der Waals surface area contributed by atoms with Gasteiger partial charge < -0.3 is 9.47 Å². The molecule has 7 nitrogen and oxygen atoms in total. The zero-order chi connectivity index (χ0) is 15.2. The van der Waals surface area contributed by atoms with Crippen molar-refractivity contribution in [3.8, 4) is 5.75 Å². The highest BCUT2D eigenvalue weighted by molar-refractivity contribution is 7.91. The first-order valence-electron chi connectivity index (χ1n) is 6.28. The van der Waals surface area contributed by atoms with Gasteiger partial charge in [-0.05, 0) is 23.8 Å². The van der Waals surface area contributed by atoms with Crippen LogP contribution in [0.1, 0.15) is 18.0 Å². The highest BCUT2D eigenvalue weighted by atomic mass is 32.2. The highest BCUT2D eigenvalue weighted by Gasteiger charge is 2.41. The van der Waals surface area contributed by atoms with Crippen LogP contribution in [-0.4, -0.2) is 44.8 Å². The van der Waals surface area contributed by atoms with E-state index in [2.05, 4.69) is 0 Å². The van der Waals surface area contributed by atoms with Crippen molar-refractivity contribution in [3.63, 3.8) is 0 Å². The van der Waals surface area contributed by atoms with Crippen LogP contribution in [0.15, 0.2) is 23.1 Å². The Hall–Kier alpha value is -2.09. The fourth-order valence-electron chi connectivity index (χ4n) is 2.63. The molecule has 0 saturated carbocycles. The van der Waals surface area contributed by atoms with Crippen LogP contribution in [0.2, 0.25) is 0 Å². The Labute approximate surface area is 121 Å². The molecule has 0 radical (unpaired) electrons. The van der Waals surface area contributed by atoms with E-state index in [1.807, 2.05) is 0 Å². The molecule has 8 heteroatoms. The number of cyclic esters (lactones) is 1. The number of nitrogens with zero attached hydrogens (tertiary/aromatic N) is 1. The summed E-state index contributed by atoms with van der Waals surface area (Å²) in [6.45, 7) is -0.0692. The summed E-state index contributed by atoms with van der Waals surface area (Å²) in [4.78, 5) is 24.9. The third-order valence-corrected chi connectivity index (χ3v) is 5.10. The maximum atomic E-state index is 12.2. The van der Waals surface area contributed by atoms with E-state index in [-0.39, 0.29) is 23.6 Å². The summed E-state index contributed by atoms with van der Waals surface area (Å²) >= 11 is 0. The molecule has 1 aromatic rings. The van der Waals surface area contributed by atoms with E-state index < -0.39 is 27.9 Å². The summed E-state index contributed by atoms with van der Waals surface area (Å²) in [5, 5.41) is 0. The fourth-order valence-corrected chi connectivity index (χ4v) is 3.84. The van der Waals surface area contributed by atoms with Gasteiger partial charge in [0.1, 0.15) is 5.75 Å². The normalized spacial score (nSPS) is 23.7. The van der Waals surface area contributed by atoms with Crippen molar-refractivity contribution >= 4 is 21.7 Å². The minimum Gasteiger partial charge on any atom is -0.497 e. The molecule has 112 valence electrons. The second kappa shape index (κ2) is 4.73. The summed E-state index contributed by atoms with van der Waals surface area (Å²) < 4.78 is 34.4. The van der Waals surface area contributed by atoms with Crippen LogP contribution in [0.3, 0.4) is 0 Å². The van der Waals surface area contributed by atoms with Crippen molar-refractivity contribution in [1.82, 2.24) is 4.90 Å². The van der Waals surface area contributed by atoms with Gasteiger partial charge in [-0.3, -0.25) is 9.69 Å². The van der Waals surface area contributed by atoms with E-state index in [4.69, 9.17) is 9.47 Å². The number of hydrogen-bond acceptors (Lipinski definition) is 6. The van der Waals surface area contributed by atoms with E-state index in [9.17, 15) is 18.0 Å². The standard InChI is InChI=1S/C13H13NO6S/c1-19-9-2-3-12-10(5-9)11-4-8(15)6-14(11)13(16)20-7-21(12,17)18/h2-3,5,11H,4,6-7H2,1H3/t11-/m1/s1. The first-order valence-corrected chi connectivity index (χ1v) is 7.93. The van der Waals surface area contributed by atoms with Gasteiger partial charge in [0.05, 0.1) is 24.6 Å². The molecule has 2 aliphatic heterocycles. The number of benzene rings is 1. The number of methoxy groups -OCH3 is 1. The third kappa shape index (κ3) is 2.25. The van der Waals surface area contributed by atoms with Crippen molar-refractivity contribution in [2.75, 3.05) is 19.6 Å². The minimum absolute atomic E-state index is 0.0692. The maximum Gasteiger partial charge on any atom is 0.411 e. The predicted molar refractivity (Wildman–Crippen MR) is 70.6 cm³/mol. The lowest BCUT2D eigenvalue weighted by molar-refractivity contribution is -0.116. The highest BCUT2D eigenvalue weighted by Crippen LogP contribution is 2.38. The van der Waals surface area contributed by atoms with Crippen LogP contribution in [0.5, 0.6) is 5.75 Å². The fraction of sp³-hybridized carbons (Fsp3) is 0.385. The zero-order valence-electron chi connectivity index (χ0n) is 11.2. The summed E-state index contributed by atoms with van der Waals surface area (Å²) in [6, 6.07) is 3.87. The Morgan fingerprint density at radius 3 is 2.81 bits per heavy atom. The van der Waals surface area contributed by atoms with E-state index in [0.717, 1.165) is 0 Å². The molecule has 2 heterocycles. The van der Waals surface area contributed by atoms with Crippen LogP contribution in [0.25, 0.3) is 0 Å². The molecule has 1 aromatic carbocycles. The summed E-state index contributed by atoms with van der Waals surface area (Å²) in [5.74, 6) is -0.398. The first-order chi connectivity index (χ1) is 9.92. The molecule has 0 spiro atoms. The molecule has 1 atom stereocenters. The molecule has 1 saturated heterocycles. The van der Waals surface area contributed by atoms with Crippen LogP contribution in [0.4, 0.5) is 4.79 Å². The molecule has 3 rings (SSSR count). The molecule has 2 aliphatic rings. The van der Waals surface area contributed by atoms with Gasteiger partial charge in [-0.25, -0.2) is 13.2 Å². The van der Waals surface area contributed by atoms with Crippen molar-refractivity contribution in [1.29, 1.82) is 0 Å². The number of sulfone groups is 1. The molecule has 0 unspecified atom stereocenters. The van der Waals surface area contributed by atoms with Crippen molar-refractivity contribution < 1.29 is 27.5 Å². The van der Waals surface area contributed by atoms with Crippen molar-refractivity contribution in [2.24, 2.45) is 0 Å². The molecule has 1 amide bonds. The first kappa shape index (κ1) is 13.9. The average Bonchev–Trinajstić information content (AvgIpc) is 2.85. The molecule has 0 bridgehead atoms. The third-order valence-electron chi connectivity index (χ3n) is 3.63. The summed E-state index contributed by atoms with van der Waals surface area (Å²) in [6.07, 6.45) is -0.715. The molecule has 0 aliphatic carbocycles. The molecule has 0 aromatic heterocycles. The molecular weight excluding hydrogens is 298 g/mol. The summed E-state index contributed by atoms with van der Waals surface area (Å²) in [7, 11) is -2.29. The lowest BCUT2D eigenvalue weighted by Gasteiger charge is -2.28. The number of Topliss-reactive ketones (excluding diaryl/α,β-unsaturated/α-hetero) is 1. The number of carbonyl (C=O) groups is 2. The zero-order valence-corrected chi connectivity index (χ0v) is 12.1. The van der Waals surface area contributed by atoms with Gasteiger partial charge in [0.25, 0.3) is 0 Å². The average molecular weight is 311 g/mol. The number of hydrogen-bond donors (Lipinski definition) is 0. The summed E-state index contributed by atoms with van der Waals surface area (Å²) in [5.41, 5.74) is 0.400. The minimum atomic E-state index is -3.75. The predicted octanol–water partition coefficient (Wildman–Crippen LogP) is 0.893. The van der Waals surface area contributed by atoms with Crippen LogP contribution >= 0.6 is 0 Å². The van der Waals surface area contributed by atoms with E-state index in [1.54, 1.807) is 6.07 Å². The van der Waals surface area contributed by atoms with Gasteiger partial charge in [0.2, 0.25) is 9.84 Å². The number of amides is 1. The Bertz CT molecular complexity index is 726. The van der Waals surface area contributed by atoms with Gasteiger partial charge in [0, 0.05) is 6.42 Å². The Balaban J connectivity index is 2.22. The molecule has 0 N–H and O–H groups in total. The Morgan fingerprint density at radius 2 is 2.10 bits per heavy atom. The van der Waals surface area contributed by atoms with Gasteiger partial charge in [-0.1, -0.05) is 0 Å². The van der Waals surface area contributed by atoms with E-state index >= 15 is 0 Å².